The van der Waals surface area contributed by atoms with Crippen LogP contribution in [0.25, 0.3) is 10.8 Å². The van der Waals surface area contributed by atoms with Crippen LogP contribution >= 0.6 is 11.6 Å². The van der Waals surface area contributed by atoms with Crippen molar-refractivity contribution in [2.45, 2.75) is 112 Å². The fourth-order valence-electron chi connectivity index (χ4n) is 3.39. The standard InChI is InChI=1S/C30H42ClN3O8/c1-27(2,3)39-23(35)33(24(36)40-28(4,5)6)17-19-15-20-18(16-21(19)31)13-14-32-22(20)34(25(37)41-29(7,8)9)26(38)42-30(10,11)12/h13-16H,17H2,1-12H3. The van der Waals surface area contributed by atoms with E-state index in [1.165, 1.54) is 12.3 Å². The van der Waals surface area contributed by atoms with E-state index >= 15 is 0 Å². The Morgan fingerprint density at radius 1 is 0.690 bits per heavy atom. The summed E-state index contributed by atoms with van der Waals surface area (Å²) in [5.74, 6) is -0.0880. The number of imide groups is 2. The Hall–Kier alpha value is -3.60. The first-order valence-corrected chi connectivity index (χ1v) is 13.8. The number of benzene rings is 1. The monoisotopic (exact) mass is 607 g/mol. The SMILES string of the molecule is CC(C)(C)OC(=O)N(Cc1cc2c(N(C(=O)OC(C)(C)C)C(=O)OC(C)(C)C)nccc2cc1Cl)C(=O)OC(C)(C)C. The Morgan fingerprint density at radius 2 is 1.10 bits per heavy atom. The molecule has 0 aliphatic carbocycles. The molecule has 0 spiro atoms. The molecule has 2 rings (SSSR count). The molecule has 0 aliphatic rings. The van der Waals surface area contributed by atoms with Gasteiger partial charge in [0.15, 0.2) is 5.82 Å². The predicted octanol–water partition coefficient (Wildman–Crippen LogP) is 8.24. The van der Waals surface area contributed by atoms with E-state index in [0.29, 0.717) is 21.2 Å². The lowest BCUT2D eigenvalue weighted by molar-refractivity contribution is -0.000336. The molecule has 1 aromatic heterocycles. The molecule has 1 aromatic carbocycles. The first kappa shape index (κ1) is 34.6. The number of nitrogens with zero attached hydrogens (tertiary/aromatic N) is 3. The van der Waals surface area contributed by atoms with Gasteiger partial charge in [0.25, 0.3) is 0 Å². The van der Waals surface area contributed by atoms with Gasteiger partial charge in [-0.1, -0.05) is 11.6 Å². The smallest absolute Gasteiger partial charge is 0.425 e. The Labute approximate surface area is 252 Å². The number of hydrogen-bond donors (Lipinski definition) is 0. The van der Waals surface area contributed by atoms with Crippen LogP contribution in [-0.2, 0) is 25.5 Å². The third-order valence-electron chi connectivity index (χ3n) is 4.83. The molecule has 0 unspecified atom stereocenters. The van der Waals surface area contributed by atoms with E-state index in [1.807, 2.05) is 0 Å². The molecule has 1 heterocycles. The molecule has 12 heteroatoms. The van der Waals surface area contributed by atoms with Crippen LogP contribution in [0.4, 0.5) is 25.0 Å². The summed E-state index contributed by atoms with van der Waals surface area (Å²) in [6.07, 6.45) is -2.48. The molecule has 0 aliphatic heterocycles. The molecule has 0 saturated heterocycles. The van der Waals surface area contributed by atoms with Crippen LogP contribution in [0.15, 0.2) is 24.4 Å². The summed E-state index contributed by atoms with van der Waals surface area (Å²) in [5, 5.41) is 1.03. The third-order valence-corrected chi connectivity index (χ3v) is 5.18. The summed E-state index contributed by atoms with van der Waals surface area (Å²) in [5.41, 5.74) is -3.37. The summed E-state index contributed by atoms with van der Waals surface area (Å²) in [6, 6.07) is 4.74. The molecule has 0 radical (unpaired) electrons. The van der Waals surface area contributed by atoms with Crippen molar-refractivity contribution in [3.8, 4) is 0 Å². The average Bonchev–Trinajstić information content (AvgIpc) is 2.72. The van der Waals surface area contributed by atoms with Crippen LogP contribution in [0.3, 0.4) is 0 Å². The molecule has 4 amide bonds. The van der Waals surface area contributed by atoms with E-state index in [4.69, 9.17) is 30.5 Å². The number of hydrogen-bond acceptors (Lipinski definition) is 9. The fraction of sp³-hybridized carbons (Fsp3) is 0.567. The van der Waals surface area contributed by atoms with E-state index in [1.54, 1.807) is 95.2 Å². The van der Waals surface area contributed by atoms with Crippen molar-refractivity contribution in [1.82, 2.24) is 9.88 Å². The summed E-state index contributed by atoms with van der Waals surface area (Å²) >= 11 is 6.61. The number of aromatic nitrogens is 1. The van der Waals surface area contributed by atoms with Gasteiger partial charge in [-0.05, 0) is 112 Å². The first-order valence-electron chi connectivity index (χ1n) is 13.4. The van der Waals surface area contributed by atoms with E-state index in [2.05, 4.69) is 4.98 Å². The van der Waals surface area contributed by atoms with Crippen LogP contribution in [-0.4, -0.2) is 56.7 Å². The molecular weight excluding hydrogens is 566 g/mol. The highest BCUT2D eigenvalue weighted by atomic mass is 35.5. The zero-order valence-corrected chi connectivity index (χ0v) is 27.3. The lowest BCUT2D eigenvalue weighted by atomic mass is 10.1. The Morgan fingerprint density at radius 3 is 1.50 bits per heavy atom. The van der Waals surface area contributed by atoms with Crippen molar-refractivity contribution >= 4 is 52.6 Å². The van der Waals surface area contributed by atoms with Gasteiger partial charge < -0.3 is 18.9 Å². The summed E-state index contributed by atoms with van der Waals surface area (Å²) < 4.78 is 21.9. The van der Waals surface area contributed by atoms with Crippen molar-refractivity contribution in [1.29, 1.82) is 0 Å². The first-order chi connectivity index (χ1) is 18.9. The predicted molar refractivity (Wildman–Crippen MR) is 160 cm³/mol. The number of carbonyl (C=O) groups is 4. The van der Waals surface area contributed by atoms with Gasteiger partial charge in [0, 0.05) is 16.6 Å². The number of pyridine rings is 1. The second kappa shape index (κ2) is 12.3. The van der Waals surface area contributed by atoms with Gasteiger partial charge in [-0.2, -0.15) is 4.90 Å². The van der Waals surface area contributed by atoms with Crippen LogP contribution in [0.2, 0.25) is 5.02 Å². The van der Waals surface area contributed by atoms with Gasteiger partial charge in [-0.15, -0.1) is 0 Å². The number of halogens is 1. The maximum Gasteiger partial charge on any atom is 0.425 e. The number of ether oxygens (including phenoxy) is 4. The molecule has 0 atom stereocenters. The second-order valence-electron chi connectivity index (χ2n) is 13.6. The van der Waals surface area contributed by atoms with E-state index in [0.717, 1.165) is 4.90 Å². The molecule has 232 valence electrons. The molecule has 0 fully saturated rings. The minimum absolute atomic E-state index is 0.0880. The third kappa shape index (κ3) is 10.3. The van der Waals surface area contributed by atoms with Gasteiger partial charge >= 0.3 is 24.4 Å². The number of anilines is 1. The number of amides is 4. The zero-order chi connectivity index (χ0) is 32.4. The highest BCUT2D eigenvalue weighted by Crippen LogP contribution is 2.33. The molecule has 42 heavy (non-hydrogen) atoms. The van der Waals surface area contributed by atoms with E-state index in [9.17, 15) is 19.2 Å². The number of fused-ring (bicyclic) bond motifs is 1. The number of rotatable bonds is 3. The quantitative estimate of drug-likeness (QED) is 0.317. The maximum absolute atomic E-state index is 13.3. The summed E-state index contributed by atoms with van der Waals surface area (Å²) in [4.78, 5) is 58.6. The van der Waals surface area contributed by atoms with Gasteiger partial charge in [0.05, 0.1) is 6.54 Å². The average molecular weight is 608 g/mol. The lowest BCUT2D eigenvalue weighted by Gasteiger charge is -2.29. The highest BCUT2D eigenvalue weighted by molar-refractivity contribution is 6.32. The number of carbonyl (C=O) groups excluding carboxylic acids is 4. The zero-order valence-electron chi connectivity index (χ0n) is 26.5. The van der Waals surface area contributed by atoms with Crippen molar-refractivity contribution in [3.63, 3.8) is 0 Å². The highest BCUT2D eigenvalue weighted by Gasteiger charge is 2.36. The topological polar surface area (TPSA) is 125 Å². The second-order valence-corrected chi connectivity index (χ2v) is 14.0. The normalized spacial score (nSPS) is 12.4. The molecule has 11 nitrogen and oxygen atoms in total. The van der Waals surface area contributed by atoms with Gasteiger partial charge in [-0.3, -0.25) is 0 Å². The Balaban J connectivity index is 2.71. The Bertz CT molecular complexity index is 1290. The summed E-state index contributed by atoms with van der Waals surface area (Å²) in [6.45, 7) is 19.6. The van der Waals surface area contributed by atoms with E-state index < -0.39 is 46.8 Å². The Kier molecular flexibility index (Phi) is 10.2. The fourth-order valence-corrected chi connectivity index (χ4v) is 3.62. The van der Waals surface area contributed by atoms with E-state index in [-0.39, 0.29) is 17.4 Å². The molecular formula is C30H42ClN3O8. The van der Waals surface area contributed by atoms with Crippen molar-refractivity contribution in [2.24, 2.45) is 0 Å². The minimum atomic E-state index is -1.00. The lowest BCUT2D eigenvalue weighted by Crippen LogP contribution is -2.44. The molecule has 0 saturated carbocycles. The molecule has 0 N–H and O–H groups in total. The van der Waals surface area contributed by atoms with Crippen LogP contribution in [0, 0.1) is 0 Å². The van der Waals surface area contributed by atoms with Crippen LogP contribution in [0.1, 0.15) is 88.6 Å². The van der Waals surface area contributed by atoms with Crippen LogP contribution < -0.4 is 4.90 Å². The van der Waals surface area contributed by atoms with Crippen molar-refractivity contribution in [2.75, 3.05) is 4.90 Å². The van der Waals surface area contributed by atoms with Crippen molar-refractivity contribution < 1.29 is 38.1 Å². The molecule has 0 bridgehead atoms. The van der Waals surface area contributed by atoms with Crippen LogP contribution in [0.5, 0.6) is 0 Å². The molecule has 2 aromatic rings. The largest absolute Gasteiger partial charge is 0.443 e. The van der Waals surface area contributed by atoms with Crippen molar-refractivity contribution in [3.05, 3.63) is 35.0 Å². The maximum atomic E-state index is 13.3. The minimum Gasteiger partial charge on any atom is -0.443 e. The van der Waals surface area contributed by atoms with Gasteiger partial charge in [-0.25, -0.2) is 29.1 Å². The van der Waals surface area contributed by atoms with Gasteiger partial charge in [0.1, 0.15) is 22.4 Å². The van der Waals surface area contributed by atoms with Gasteiger partial charge in [0.2, 0.25) is 0 Å². The summed E-state index contributed by atoms with van der Waals surface area (Å²) in [7, 11) is 0.